The number of hydrogen-bond donors (Lipinski definition) is 1. The Morgan fingerprint density at radius 2 is 1.74 bits per heavy atom. The molecule has 146 valence electrons. The summed E-state index contributed by atoms with van der Waals surface area (Å²) in [4.78, 5) is 12.4. The minimum atomic E-state index is -3.37. The molecule has 2 rings (SSSR count). The van der Waals surface area contributed by atoms with E-state index in [-0.39, 0.29) is 18.9 Å². The third-order valence-corrected chi connectivity index (χ3v) is 5.86. The molecule has 0 saturated heterocycles. The Morgan fingerprint density at radius 3 is 2.37 bits per heavy atom. The van der Waals surface area contributed by atoms with Gasteiger partial charge >= 0.3 is 0 Å². The minimum absolute atomic E-state index is 0.124. The molecule has 0 aliphatic rings. The predicted molar refractivity (Wildman–Crippen MR) is 110 cm³/mol. The molecule has 6 heteroatoms. The zero-order chi connectivity index (χ0) is 19.9. The largest absolute Gasteiger partial charge is 0.326 e. The normalized spacial score (nSPS) is 11.6. The van der Waals surface area contributed by atoms with Gasteiger partial charge in [-0.2, -0.15) is 0 Å². The van der Waals surface area contributed by atoms with Gasteiger partial charge in [-0.3, -0.25) is 4.79 Å². The smallest absolute Gasteiger partial charge is 0.225 e. The summed E-state index contributed by atoms with van der Waals surface area (Å²) in [5.41, 5.74) is 3.99. The third kappa shape index (κ3) is 6.48. The zero-order valence-electron chi connectivity index (χ0n) is 16.2. The van der Waals surface area contributed by atoms with Gasteiger partial charge in [0.15, 0.2) is 0 Å². The fraction of sp³-hybridized carbons (Fsp3) is 0.381. The average Bonchev–Trinajstić information content (AvgIpc) is 2.63. The molecule has 1 N–H and O–H groups in total. The summed E-state index contributed by atoms with van der Waals surface area (Å²) in [6.45, 7) is 4.53. The van der Waals surface area contributed by atoms with Crippen LogP contribution >= 0.6 is 0 Å². The number of carbonyl (C=O) groups is 1. The molecule has 0 heterocycles. The first-order valence-corrected chi connectivity index (χ1v) is 11.0. The van der Waals surface area contributed by atoms with Gasteiger partial charge in [-0.15, -0.1) is 0 Å². The van der Waals surface area contributed by atoms with Crippen LogP contribution in [0.1, 0.15) is 30.0 Å². The topological polar surface area (TPSA) is 66.5 Å². The second kappa shape index (κ2) is 9.67. The molecule has 0 saturated carbocycles. The summed E-state index contributed by atoms with van der Waals surface area (Å²) in [5, 5.41) is 2.95. The molecule has 0 aromatic heterocycles. The van der Waals surface area contributed by atoms with Gasteiger partial charge in [0.25, 0.3) is 0 Å². The number of benzene rings is 2. The van der Waals surface area contributed by atoms with E-state index in [9.17, 15) is 13.2 Å². The third-order valence-electron chi connectivity index (χ3n) is 4.55. The van der Waals surface area contributed by atoms with Gasteiger partial charge in [0.2, 0.25) is 15.9 Å². The molecule has 0 fully saturated rings. The lowest BCUT2D eigenvalue weighted by Crippen LogP contribution is -2.34. The molecular formula is C21H28N2O3S. The monoisotopic (exact) mass is 388 g/mol. The molecule has 0 radical (unpaired) electrons. The quantitative estimate of drug-likeness (QED) is 0.716. The number of carbonyl (C=O) groups excluding carboxylic acids is 1. The summed E-state index contributed by atoms with van der Waals surface area (Å²) < 4.78 is 25.5. The summed E-state index contributed by atoms with van der Waals surface area (Å²) in [7, 11) is -3.37. The van der Waals surface area contributed by atoms with Crippen LogP contribution in [-0.4, -0.2) is 38.0 Å². The van der Waals surface area contributed by atoms with Gasteiger partial charge in [0, 0.05) is 25.2 Å². The van der Waals surface area contributed by atoms with Crippen molar-refractivity contribution in [1.82, 2.24) is 4.31 Å². The summed E-state index contributed by atoms with van der Waals surface area (Å²) in [6.07, 6.45) is 2.75. The predicted octanol–water partition coefficient (Wildman–Crippen LogP) is 3.39. The van der Waals surface area contributed by atoms with Crippen molar-refractivity contribution in [2.24, 2.45) is 0 Å². The van der Waals surface area contributed by atoms with Crippen LogP contribution in [0.3, 0.4) is 0 Å². The van der Waals surface area contributed by atoms with Crippen molar-refractivity contribution in [3.05, 3.63) is 65.2 Å². The molecule has 0 spiro atoms. The number of amides is 1. The Hall–Kier alpha value is -2.18. The molecule has 27 heavy (non-hydrogen) atoms. The fourth-order valence-corrected chi connectivity index (χ4v) is 3.82. The molecule has 2 aromatic carbocycles. The number of rotatable bonds is 9. The number of nitrogens with one attached hydrogen (secondary N) is 1. The van der Waals surface area contributed by atoms with Crippen LogP contribution in [0, 0.1) is 6.92 Å². The van der Waals surface area contributed by atoms with E-state index in [1.807, 2.05) is 62.4 Å². The van der Waals surface area contributed by atoms with Crippen LogP contribution in [0.25, 0.3) is 0 Å². The molecule has 1 amide bonds. The second-order valence-corrected chi connectivity index (χ2v) is 8.64. The lowest BCUT2D eigenvalue weighted by atomic mass is 10.1. The van der Waals surface area contributed by atoms with Crippen LogP contribution in [0.2, 0.25) is 0 Å². The second-order valence-electron chi connectivity index (χ2n) is 6.66. The molecule has 2 aromatic rings. The van der Waals surface area contributed by atoms with Gasteiger partial charge in [-0.25, -0.2) is 12.7 Å². The van der Waals surface area contributed by atoms with E-state index in [0.29, 0.717) is 13.0 Å². The van der Waals surface area contributed by atoms with Gasteiger partial charge in [-0.05, 0) is 36.5 Å². The van der Waals surface area contributed by atoms with Crippen LogP contribution < -0.4 is 5.32 Å². The summed E-state index contributed by atoms with van der Waals surface area (Å²) in [6, 6.07) is 15.7. The number of hydrogen-bond acceptors (Lipinski definition) is 3. The number of nitrogens with zero attached hydrogens (tertiary/aromatic N) is 1. The average molecular weight is 389 g/mol. The number of sulfonamides is 1. The lowest BCUT2D eigenvalue weighted by molar-refractivity contribution is -0.116. The fourth-order valence-electron chi connectivity index (χ4n) is 2.97. The standard InChI is InChI=1S/C21H28N2O3S/c1-4-19-12-8-9-17(2)21(19)22-20(24)14-16-23(27(3,25)26)15-13-18-10-6-5-7-11-18/h5-12H,4,13-16H2,1-3H3,(H,22,24). The van der Waals surface area contributed by atoms with Crippen LogP contribution in [0.5, 0.6) is 0 Å². The zero-order valence-corrected chi connectivity index (χ0v) is 17.1. The van der Waals surface area contributed by atoms with E-state index in [1.54, 1.807) is 0 Å². The van der Waals surface area contributed by atoms with Crippen molar-refractivity contribution in [1.29, 1.82) is 0 Å². The Kier molecular flexibility index (Phi) is 7.56. The maximum Gasteiger partial charge on any atom is 0.225 e. The van der Waals surface area contributed by atoms with Crippen molar-refractivity contribution in [3.8, 4) is 0 Å². The van der Waals surface area contributed by atoms with Crippen LogP contribution in [-0.2, 0) is 27.7 Å². The van der Waals surface area contributed by atoms with Crippen molar-refractivity contribution in [2.75, 3.05) is 24.7 Å². The van der Waals surface area contributed by atoms with E-state index in [1.165, 1.54) is 10.6 Å². The number of aryl methyl sites for hydroxylation is 2. The molecule has 0 atom stereocenters. The highest BCUT2D eigenvalue weighted by Crippen LogP contribution is 2.21. The van der Waals surface area contributed by atoms with E-state index in [0.717, 1.165) is 28.8 Å². The van der Waals surface area contributed by atoms with Crippen LogP contribution in [0.15, 0.2) is 48.5 Å². The Balaban J connectivity index is 1.97. The molecule has 5 nitrogen and oxygen atoms in total. The minimum Gasteiger partial charge on any atom is -0.326 e. The van der Waals surface area contributed by atoms with Crippen LogP contribution in [0.4, 0.5) is 5.69 Å². The first kappa shape index (κ1) is 21.1. The van der Waals surface area contributed by atoms with Crippen molar-refractivity contribution in [3.63, 3.8) is 0 Å². The Bertz CT molecular complexity index is 864. The maximum absolute atomic E-state index is 12.4. The molecule has 0 aliphatic carbocycles. The molecule has 0 aliphatic heterocycles. The molecule has 0 unspecified atom stereocenters. The van der Waals surface area contributed by atoms with E-state index >= 15 is 0 Å². The first-order valence-electron chi connectivity index (χ1n) is 9.18. The Labute approximate surface area is 162 Å². The summed E-state index contributed by atoms with van der Waals surface area (Å²) in [5.74, 6) is -0.174. The van der Waals surface area contributed by atoms with Crippen molar-refractivity contribution >= 4 is 21.6 Å². The van der Waals surface area contributed by atoms with Gasteiger partial charge in [-0.1, -0.05) is 55.5 Å². The van der Waals surface area contributed by atoms with Gasteiger partial charge in [0.05, 0.1) is 6.26 Å². The SMILES string of the molecule is CCc1cccc(C)c1NC(=O)CCN(CCc1ccccc1)S(C)(=O)=O. The molecular weight excluding hydrogens is 360 g/mol. The van der Waals surface area contributed by atoms with Gasteiger partial charge in [0.1, 0.15) is 0 Å². The molecule has 0 bridgehead atoms. The van der Waals surface area contributed by atoms with E-state index in [2.05, 4.69) is 5.32 Å². The number of anilines is 1. The van der Waals surface area contributed by atoms with E-state index in [4.69, 9.17) is 0 Å². The lowest BCUT2D eigenvalue weighted by Gasteiger charge is -2.20. The highest BCUT2D eigenvalue weighted by Gasteiger charge is 2.18. The maximum atomic E-state index is 12.4. The van der Waals surface area contributed by atoms with Crippen molar-refractivity contribution in [2.45, 2.75) is 33.1 Å². The first-order chi connectivity index (χ1) is 12.8. The van der Waals surface area contributed by atoms with Gasteiger partial charge < -0.3 is 5.32 Å². The number of para-hydroxylation sites is 1. The van der Waals surface area contributed by atoms with E-state index < -0.39 is 10.0 Å². The highest BCUT2D eigenvalue weighted by molar-refractivity contribution is 7.88. The summed E-state index contributed by atoms with van der Waals surface area (Å²) >= 11 is 0. The van der Waals surface area contributed by atoms with Crippen molar-refractivity contribution < 1.29 is 13.2 Å². The Morgan fingerprint density at radius 1 is 1.04 bits per heavy atom. The highest BCUT2D eigenvalue weighted by atomic mass is 32.2.